The van der Waals surface area contributed by atoms with E-state index in [0.717, 1.165) is 18.0 Å². The second-order valence-electron chi connectivity index (χ2n) is 5.07. The van der Waals surface area contributed by atoms with E-state index < -0.39 is 0 Å². The molecule has 2 aliphatic rings. The topological polar surface area (TPSA) is 64.9 Å². The lowest BCUT2D eigenvalue weighted by Crippen LogP contribution is -2.42. The van der Waals surface area contributed by atoms with Crippen molar-refractivity contribution in [1.82, 2.24) is 10.6 Å². The molecule has 2 fully saturated rings. The number of benzene rings is 1. The highest BCUT2D eigenvalue weighted by molar-refractivity contribution is 5.83. The molecular formula is C14H15N3O. The molecule has 1 heterocycles. The Kier molecular flexibility index (Phi) is 2.77. The summed E-state index contributed by atoms with van der Waals surface area (Å²) in [6.45, 7) is 1.51. The number of carbonyl (C=O) groups excluding carboxylic acids is 1. The maximum absolute atomic E-state index is 12.0. The van der Waals surface area contributed by atoms with E-state index in [1.807, 2.05) is 12.1 Å². The molecule has 1 aliphatic heterocycles. The molecule has 1 aromatic rings. The summed E-state index contributed by atoms with van der Waals surface area (Å²) in [6.07, 6.45) is 1.20. The maximum Gasteiger partial charge on any atom is 0.237 e. The van der Waals surface area contributed by atoms with Gasteiger partial charge in [-0.1, -0.05) is 12.1 Å². The van der Waals surface area contributed by atoms with Crippen LogP contribution in [0.25, 0.3) is 0 Å². The first kappa shape index (κ1) is 11.2. The number of hydrogen-bond acceptors (Lipinski definition) is 3. The third kappa shape index (κ3) is 2.09. The number of amides is 1. The molecular weight excluding hydrogens is 226 g/mol. The smallest absolute Gasteiger partial charge is 0.237 e. The van der Waals surface area contributed by atoms with Gasteiger partial charge in [0.2, 0.25) is 5.91 Å². The Morgan fingerprint density at radius 3 is 2.78 bits per heavy atom. The molecule has 4 heteroatoms. The quantitative estimate of drug-likeness (QED) is 0.822. The van der Waals surface area contributed by atoms with E-state index in [1.165, 1.54) is 6.42 Å². The molecule has 1 aromatic carbocycles. The van der Waals surface area contributed by atoms with Gasteiger partial charge in [-0.15, -0.1) is 0 Å². The van der Waals surface area contributed by atoms with Crippen LogP contribution in [0.5, 0.6) is 0 Å². The van der Waals surface area contributed by atoms with Crippen LogP contribution in [0.4, 0.5) is 0 Å². The normalized spacial score (nSPS) is 28.3. The van der Waals surface area contributed by atoms with Gasteiger partial charge in [0.25, 0.3) is 0 Å². The molecule has 4 nitrogen and oxygen atoms in total. The van der Waals surface area contributed by atoms with E-state index in [-0.39, 0.29) is 11.9 Å². The van der Waals surface area contributed by atoms with Crippen LogP contribution in [0.1, 0.15) is 17.5 Å². The molecule has 0 radical (unpaired) electrons. The van der Waals surface area contributed by atoms with Gasteiger partial charge in [-0.25, -0.2) is 0 Å². The number of nitriles is 1. The van der Waals surface area contributed by atoms with E-state index in [2.05, 4.69) is 16.7 Å². The van der Waals surface area contributed by atoms with Crippen molar-refractivity contribution in [3.63, 3.8) is 0 Å². The number of hydrogen-bond donors (Lipinski definition) is 2. The van der Waals surface area contributed by atoms with E-state index in [4.69, 9.17) is 5.26 Å². The molecule has 3 rings (SSSR count). The monoisotopic (exact) mass is 241 g/mol. The van der Waals surface area contributed by atoms with Gasteiger partial charge in [0.05, 0.1) is 17.7 Å². The second kappa shape index (κ2) is 4.43. The zero-order valence-corrected chi connectivity index (χ0v) is 10.0. The van der Waals surface area contributed by atoms with E-state index in [0.29, 0.717) is 18.0 Å². The SMILES string of the molecule is N#Cc1ccc(CNC(=O)C2NCC3CC32)cc1. The fourth-order valence-corrected chi connectivity index (χ4v) is 2.63. The van der Waals surface area contributed by atoms with Crippen LogP contribution in [-0.2, 0) is 11.3 Å². The Morgan fingerprint density at radius 2 is 2.22 bits per heavy atom. The van der Waals surface area contributed by atoms with Gasteiger partial charge in [0.1, 0.15) is 0 Å². The Labute approximate surface area is 106 Å². The van der Waals surface area contributed by atoms with Crippen molar-refractivity contribution in [3.8, 4) is 6.07 Å². The molecule has 1 saturated carbocycles. The van der Waals surface area contributed by atoms with Crippen LogP contribution in [-0.4, -0.2) is 18.5 Å². The third-order valence-corrected chi connectivity index (χ3v) is 3.84. The van der Waals surface area contributed by atoms with Gasteiger partial charge >= 0.3 is 0 Å². The standard InChI is InChI=1S/C14H15N3O/c15-6-9-1-3-10(4-2-9)7-17-14(18)13-12-5-11(12)8-16-13/h1-4,11-13,16H,5,7-8H2,(H,17,18). The Hall–Kier alpha value is -1.86. The molecule has 0 spiro atoms. The van der Waals surface area contributed by atoms with Crippen molar-refractivity contribution in [1.29, 1.82) is 5.26 Å². The van der Waals surface area contributed by atoms with Gasteiger partial charge in [-0.3, -0.25) is 4.79 Å². The van der Waals surface area contributed by atoms with Crippen LogP contribution < -0.4 is 10.6 Å². The number of carbonyl (C=O) groups is 1. The zero-order chi connectivity index (χ0) is 12.5. The van der Waals surface area contributed by atoms with Crippen LogP contribution >= 0.6 is 0 Å². The molecule has 18 heavy (non-hydrogen) atoms. The molecule has 3 unspecified atom stereocenters. The minimum absolute atomic E-state index is 0.00776. The highest BCUT2D eigenvalue weighted by Crippen LogP contribution is 2.44. The summed E-state index contributed by atoms with van der Waals surface area (Å²) in [5.74, 6) is 1.39. The second-order valence-corrected chi connectivity index (χ2v) is 5.07. The van der Waals surface area contributed by atoms with Gasteiger partial charge in [0, 0.05) is 6.54 Å². The minimum Gasteiger partial charge on any atom is -0.351 e. The highest BCUT2D eigenvalue weighted by atomic mass is 16.2. The number of nitrogens with one attached hydrogen (secondary N) is 2. The Bertz CT molecular complexity index is 503. The first-order valence-electron chi connectivity index (χ1n) is 6.28. The summed E-state index contributed by atoms with van der Waals surface area (Å²) in [5.41, 5.74) is 1.66. The minimum atomic E-state index is 0.00776. The predicted molar refractivity (Wildman–Crippen MR) is 66.4 cm³/mol. The van der Waals surface area contributed by atoms with Crippen molar-refractivity contribution >= 4 is 5.91 Å². The Balaban J connectivity index is 1.54. The van der Waals surface area contributed by atoms with Crippen LogP contribution in [0.3, 0.4) is 0 Å². The van der Waals surface area contributed by atoms with Crippen molar-refractivity contribution in [2.45, 2.75) is 19.0 Å². The summed E-state index contributed by atoms with van der Waals surface area (Å²) in [6, 6.07) is 9.38. The van der Waals surface area contributed by atoms with Crippen molar-refractivity contribution in [3.05, 3.63) is 35.4 Å². The number of fused-ring (bicyclic) bond motifs is 1. The van der Waals surface area contributed by atoms with E-state index in [1.54, 1.807) is 12.1 Å². The summed E-state index contributed by atoms with van der Waals surface area (Å²) in [5, 5.41) is 14.9. The van der Waals surface area contributed by atoms with E-state index in [9.17, 15) is 4.79 Å². The number of piperidine rings is 1. The largest absolute Gasteiger partial charge is 0.351 e. The Morgan fingerprint density at radius 1 is 1.44 bits per heavy atom. The van der Waals surface area contributed by atoms with Gasteiger partial charge < -0.3 is 10.6 Å². The molecule has 0 bridgehead atoms. The van der Waals surface area contributed by atoms with Crippen LogP contribution in [0.15, 0.2) is 24.3 Å². The fraction of sp³-hybridized carbons (Fsp3) is 0.429. The zero-order valence-electron chi connectivity index (χ0n) is 10.0. The molecule has 1 aliphatic carbocycles. The summed E-state index contributed by atoms with van der Waals surface area (Å²) in [7, 11) is 0. The summed E-state index contributed by atoms with van der Waals surface area (Å²) >= 11 is 0. The molecule has 1 amide bonds. The first-order valence-corrected chi connectivity index (χ1v) is 6.28. The van der Waals surface area contributed by atoms with Crippen LogP contribution in [0.2, 0.25) is 0 Å². The lowest BCUT2D eigenvalue weighted by atomic mass is 10.1. The van der Waals surface area contributed by atoms with Gasteiger partial charge in [-0.05, 0) is 42.5 Å². The fourth-order valence-electron chi connectivity index (χ4n) is 2.63. The third-order valence-electron chi connectivity index (χ3n) is 3.84. The summed E-state index contributed by atoms with van der Waals surface area (Å²) < 4.78 is 0. The first-order chi connectivity index (χ1) is 8.78. The maximum atomic E-state index is 12.0. The van der Waals surface area contributed by atoms with E-state index >= 15 is 0 Å². The average molecular weight is 241 g/mol. The number of rotatable bonds is 3. The lowest BCUT2D eigenvalue weighted by Gasteiger charge is -2.13. The molecule has 2 N–H and O–H groups in total. The highest BCUT2D eigenvalue weighted by Gasteiger charge is 2.50. The predicted octanol–water partition coefficient (Wildman–Crippen LogP) is 0.782. The molecule has 92 valence electrons. The van der Waals surface area contributed by atoms with Gasteiger partial charge in [-0.2, -0.15) is 5.26 Å². The van der Waals surface area contributed by atoms with Crippen molar-refractivity contribution in [2.24, 2.45) is 11.8 Å². The average Bonchev–Trinajstić information content (AvgIpc) is 3.07. The van der Waals surface area contributed by atoms with Crippen molar-refractivity contribution < 1.29 is 4.79 Å². The lowest BCUT2D eigenvalue weighted by molar-refractivity contribution is -0.123. The molecule has 0 aromatic heterocycles. The van der Waals surface area contributed by atoms with Crippen LogP contribution in [0, 0.1) is 23.2 Å². The summed E-state index contributed by atoms with van der Waals surface area (Å²) in [4.78, 5) is 12.0. The molecule has 3 atom stereocenters. The van der Waals surface area contributed by atoms with Crippen molar-refractivity contribution in [2.75, 3.05) is 6.54 Å². The molecule has 1 saturated heterocycles. The van der Waals surface area contributed by atoms with Gasteiger partial charge in [0.15, 0.2) is 0 Å². The number of nitrogens with zero attached hydrogens (tertiary/aromatic N) is 1.